The van der Waals surface area contributed by atoms with E-state index in [1.165, 1.54) is 0 Å². The van der Waals surface area contributed by atoms with Crippen LogP contribution in [0, 0.1) is 5.41 Å². The Kier molecular flexibility index (Phi) is 3.98. The van der Waals surface area contributed by atoms with Crippen LogP contribution < -0.4 is 11.1 Å². The number of carbonyl (C=O) groups is 1. The van der Waals surface area contributed by atoms with Gasteiger partial charge >= 0.3 is 0 Å². The maximum absolute atomic E-state index is 11.2. The molecule has 0 aliphatic carbocycles. The van der Waals surface area contributed by atoms with E-state index in [-0.39, 0.29) is 11.3 Å². The molecule has 0 aromatic rings. The fourth-order valence-corrected chi connectivity index (χ4v) is 1.04. The molecule has 13 heavy (non-hydrogen) atoms. The Morgan fingerprint density at radius 3 is 2.15 bits per heavy atom. The van der Waals surface area contributed by atoms with Crippen LogP contribution in [0.4, 0.5) is 0 Å². The fourth-order valence-electron chi connectivity index (χ4n) is 1.04. The molecule has 0 spiro atoms. The Balaban J connectivity index is 4.54. The van der Waals surface area contributed by atoms with Crippen LogP contribution >= 0.6 is 0 Å². The number of nitrogens with two attached hydrogens (primary N) is 1. The van der Waals surface area contributed by atoms with Gasteiger partial charge in [0.15, 0.2) is 0 Å². The summed E-state index contributed by atoms with van der Waals surface area (Å²) in [5.74, 6) is -0.0956. The summed E-state index contributed by atoms with van der Waals surface area (Å²) < 4.78 is 0. The molecular formula is C10H20N2O. The molecule has 0 aromatic heterocycles. The van der Waals surface area contributed by atoms with Gasteiger partial charge in [-0.25, -0.2) is 0 Å². The minimum Gasteiger partial charge on any atom is -0.402 e. The number of amides is 1. The normalized spacial score (nSPS) is 13.6. The SMILES string of the molecule is CNC(=O)C(C)=C(N)CC(C)(C)C. The van der Waals surface area contributed by atoms with Gasteiger partial charge in [0.25, 0.3) is 0 Å². The van der Waals surface area contributed by atoms with E-state index in [1.807, 2.05) is 0 Å². The molecule has 0 rings (SSSR count). The maximum atomic E-state index is 11.2. The fraction of sp³-hybridized carbons (Fsp3) is 0.700. The molecule has 3 nitrogen and oxygen atoms in total. The zero-order chi connectivity index (χ0) is 10.6. The lowest BCUT2D eigenvalue weighted by Crippen LogP contribution is -2.23. The van der Waals surface area contributed by atoms with Crippen molar-refractivity contribution in [2.45, 2.75) is 34.1 Å². The number of likely N-dealkylation sites (N-methyl/N-ethyl adjacent to an activating group) is 1. The van der Waals surface area contributed by atoms with Crippen molar-refractivity contribution in [2.75, 3.05) is 7.05 Å². The van der Waals surface area contributed by atoms with Crippen LogP contribution in [0.2, 0.25) is 0 Å². The van der Waals surface area contributed by atoms with Gasteiger partial charge in [0.2, 0.25) is 5.91 Å². The summed E-state index contributed by atoms with van der Waals surface area (Å²) in [5.41, 5.74) is 7.22. The van der Waals surface area contributed by atoms with Crippen LogP contribution in [0.15, 0.2) is 11.3 Å². The number of allylic oxidation sites excluding steroid dienone is 1. The third-order valence-electron chi connectivity index (χ3n) is 1.77. The molecule has 0 atom stereocenters. The monoisotopic (exact) mass is 184 g/mol. The van der Waals surface area contributed by atoms with Crippen molar-refractivity contribution in [2.24, 2.45) is 11.1 Å². The highest BCUT2D eigenvalue weighted by Crippen LogP contribution is 2.22. The molecule has 0 aliphatic rings. The van der Waals surface area contributed by atoms with Gasteiger partial charge in [-0.05, 0) is 18.8 Å². The molecule has 3 N–H and O–H groups in total. The Morgan fingerprint density at radius 1 is 1.38 bits per heavy atom. The number of hydrogen-bond acceptors (Lipinski definition) is 2. The molecule has 0 aromatic carbocycles. The summed E-state index contributed by atoms with van der Waals surface area (Å²) in [5, 5.41) is 2.55. The second-order valence-electron chi connectivity index (χ2n) is 4.47. The van der Waals surface area contributed by atoms with Crippen LogP contribution in [0.25, 0.3) is 0 Å². The lowest BCUT2D eigenvalue weighted by atomic mass is 9.89. The van der Waals surface area contributed by atoms with Gasteiger partial charge < -0.3 is 11.1 Å². The first-order valence-corrected chi connectivity index (χ1v) is 4.45. The summed E-state index contributed by atoms with van der Waals surface area (Å²) >= 11 is 0. The van der Waals surface area contributed by atoms with Crippen LogP contribution in [-0.4, -0.2) is 13.0 Å². The predicted octanol–water partition coefficient (Wildman–Crippen LogP) is 1.40. The van der Waals surface area contributed by atoms with Crippen molar-refractivity contribution < 1.29 is 4.79 Å². The summed E-state index contributed by atoms with van der Waals surface area (Å²) in [6.45, 7) is 8.03. The second kappa shape index (κ2) is 4.30. The number of hydrogen-bond donors (Lipinski definition) is 2. The smallest absolute Gasteiger partial charge is 0.248 e. The number of rotatable bonds is 2. The van der Waals surface area contributed by atoms with E-state index in [0.29, 0.717) is 11.3 Å². The van der Waals surface area contributed by atoms with E-state index in [0.717, 1.165) is 6.42 Å². The summed E-state index contributed by atoms with van der Waals surface area (Å²) in [4.78, 5) is 11.2. The molecule has 0 saturated carbocycles. The van der Waals surface area contributed by atoms with E-state index in [4.69, 9.17) is 5.73 Å². The predicted molar refractivity (Wildman–Crippen MR) is 55.0 cm³/mol. The van der Waals surface area contributed by atoms with E-state index in [9.17, 15) is 4.79 Å². The molecule has 0 radical (unpaired) electrons. The van der Waals surface area contributed by atoms with Crippen molar-refractivity contribution in [1.82, 2.24) is 5.32 Å². The van der Waals surface area contributed by atoms with Gasteiger partial charge in [-0.3, -0.25) is 4.79 Å². The van der Waals surface area contributed by atoms with Crippen molar-refractivity contribution >= 4 is 5.91 Å². The molecule has 0 saturated heterocycles. The van der Waals surface area contributed by atoms with Crippen molar-refractivity contribution in [3.8, 4) is 0 Å². The van der Waals surface area contributed by atoms with Crippen LogP contribution in [-0.2, 0) is 4.79 Å². The van der Waals surface area contributed by atoms with Crippen molar-refractivity contribution in [3.05, 3.63) is 11.3 Å². The molecule has 3 heteroatoms. The summed E-state index contributed by atoms with van der Waals surface area (Å²) in [6.07, 6.45) is 0.742. The van der Waals surface area contributed by atoms with Crippen LogP contribution in [0.3, 0.4) is 0 Å². The molecule has 0 heterocycles. The van der Waals surface area contributed by atoms with E-state index < -0.39 is 0 Å². The molecule has 0 unspecified atom stereocenters. The van der Waals surface area contributed by atoms with Gasteiger partial charge in [-0.15, -0.1) is 0 Å². The molecule has 76 valence electrons. The highest BCUT2D eigenvalue weighted by Gasteiger charge is 2.15. The summed E-state index contributed by atoms with van der Waals surface area (Å²) in [7, 11) is 1.61. The zero-order valence-corrected chi connectivity index (χ0v) is 9.19. The molecule has 1 amide bonds. The van der Waals surface area contributed by atoms with Crippen molar-refractivity contribution in [3.63, 3.8) is 0 Å². The largest absolute Gasteiger partial charge is 0.402 e. The third-order valence-corrected chi connectivity index (χ3v) is 1.77. The average Bonchev–Trinajstić information content (AvgIpc) is 1.98. The second-order valence-corrected chi connectivity index (χ2v) is 4.47. The third kappa shape index (κ3) is 4.55. The molecule has 0 fully saturated rings. The van der Waals surface area contributed by atoms with Gasteiger partial charge in [-0.2, -0.15) is 0 Å². The maximum Gasteiger partial charge on any atom is 0.248 e. The highest BCUT2D eigenvalue weighted by molar-refractivity contribution is 5.93. The average molecular weight is 184 g/mol. The minimum absolute atomic E-state index is 0.0956. The molecular weight excluding hydrogens is 164 g/mol. The minimum atomic E-state index is -0.0956. The topological polar surface area (TPSA) is 55.1 Å². The van der Waals surface area contributed by atoms with E-state index in [2.05, 4.69) is 26.1 Å². The van der Waals surface area contributed by atoms with Gasteiger partial charge in [0.05, 0.1) is 0 Å². The Bertz CT molecular complexity index is 224. The highest BCUT2D eigenvalue weighted by atomic mass is 16.1. The Morgan fingerprint density at radius 2 is 1.85 bits per heavy atom. The first-order chi connectivity index (χ1) is 5.78. The van der Waals surface area contributed by atoms with Gasteiger partial charge in [-0.1, -0.05) is 20.8 Å². The Hall–Kier alpha value is -0.990. The van der Waals surface area contributed by atoms with Gasteiger partial charge in [0.1, 0.15) is 0 Å². The standard InChI is InChI=1S/C10H20N2O/c1-7(9(13)12-5)8(11)6-10(2,3)4/h6,11H2,1-5H3,(H,12,13). The lowest BCUT2D eigenvalue weighted by Gasteiger charge is -2.19. The van der Waals surface area contributed by atoms with Crippen molar-refractivity contribution in [1.29, 1.82) is 0 Å². The molecule has 0 bridgehead atoms. The van der Waals surface area contributed by atoms with Crippen LogP contribution in [0.5, 0.6) is 0 Å². The zero-order valence-electron chi connectivity index (χ0n) is 9.19. The van der Waals surface area contributed by atoms with E-state index in [1.54, 1.807) is 14.0 Å². The molecule has 0 aliphatic heterocycles. The number of carbonyl (C=O) groups excluding carboxylic acids is 1. The lowest BCUT2D eigenvalue weighted by molar-refractivity contribution is -0.117. The van der Waals surface area contributed by atoms with Crippen LogP contribution in [0.1, 0.15) is 34.1 Å². The van der Waals surface area contributed by atoms with Gasteiger partial charge in [0, 0.05) is 18.3 Å². The Labute approximate surface area is 80.4 Å². The van der Waals surface area contributed by atoms with E-state index >= 15 is 0 Å². The quantitative estimate of drug-likeness (QED) is 0.637. The number of nitrogens with one attached hydrogen (secondary N) is 1. The first kappa shape index (κ1) is 12.0. The first-order valence-electron chi connectivity index (χ1n) is 4.45. The summed E-state index contributed by atoms with van der Waals surface area (Å²) in [6, 6.07) is 0.